The third-order valence-electron chi connectivity index (χ3n) is 3.63. The van der Waals surface area contributed by atoms with Gasteiger partial charge >= 0.3 is 0 Å². The van der Waals surface area contributed by atoms with E-state index < -0.39 is 0 Å². The minimum absolute atomic E-state index is 0.204. The molecule has 3 aromatic rings. The van der Waals surface area contributed by atoms with Crippen molar-refractivity contribution in [2.24, 2.45) is 0 Å². The number of hydrazine groups is 1. The SMILES string of the molecule is CN(C)NC(=O)/C=C/c1cn(-c2ccccc2)nc1-c1ccc(Cl)cc1. The van der Waals surface area contributed by atoms with Crippen LogP contribution >= 0.6 is 11.6 Å². The second-order valence-corrected chi connectivity index (χ2v) is 6.36. The van der Waals surface area contributed by atoms with Gasteiger partial charge in [-0.25, -0.2) is 9.69 Å². The average Bonchev–Trinajstić information content (AvgIpc) is 3.05. The molecule has 0 atom stereocenters. The second kappa shape index (κ2) is 7.99. The molecule has 0 unspecified atom stereocenters. The summed E-state index contributed by atoms with van der Waals surface area (Å²) >= 11 is 5.99. The summed E-state index contributed by atoms with van der Waals surface area (Å²) in [7, 11) is 3.52. The van der Waals surface area contributed by atoms with E-state index in [-0.39, 0.29) is 5.91 Å². The van der Waals surface area contributed by atoms with Crippen LogP contribution in [0.1, 0.15) is 5.56 Å². The summed E-state index contributed by atoms with van der Waals surface area (Å²) in [5.41, 5.74) is 6.17. The molecule has 0 saturated heterocycles. The number of hydrogen-bond acceptors (Lipinski definition) is 3. The van der Waals surface area contributed by atoms with Gasteiger partial charge < -0.3 is 0 Å². The standard InChI is InChI=1S/C20H19ClN4O/c1-24(2)22-19(26)13-10-16-14-25(18-6-4-3-5-7-18)23-20(16)15-8-11-17(21)12-9-15/h3-14H,1-2H3,(H,22,26)/b13-10+. The first kappa shape index (κ1) is 17.9. The maximum atomic E-state index is 11.9. The Morgan fingerprint density at radius 1 is 1.12 bits per heavy atom. The Morgan fingerprint density at radius 2 is 1.81 bits per heavy atom. The third-order valence-corrected chi connectivity index (χ3v) is 3.88. The van der Waals surface area contributed by atoms with E-state index in [1.807, 2.05) is 60.8 Å². The van der Waals surface area contributed by atoms with E-state index in [9.17, 15) is 4.79 Å². The minimum Gasteiger partial charge on any atom is -0.286 e. The normalized spacial score (nSPS) is 11.2. The monoisotopic (exact) mass is 366 g/mol. The highest BCUT2D eigenvalue weighted by Gasteiger charge is 2.11. The van der Waals surface area contributed by atoms with Gasteiger partial charge in [-0.1, -0.05) is 41.9 Å². The van der Waals surface area contributed by atoms with Gasteiger partial charge in [0.25, 0.3) is 5.91 Å². The molecular weight excluding hydrogens is 348 g/mol. The van der Waals surface area contributed by atoms with Gasteiger partial charge in [-0.2, -0.15) is 5.10 Å². The van der Waals surface area contributed by atoms with E-state index in [0.717, 1.165) is 22.5 Å². The van der Waals surface area contributed by atoms with Gasteiger partial charge in [0.05, 0.1) is 11.4 Å². The number of carbonyl (C=O) groups is 1. The van der Waals surface area contributed by atoms with Gasteiger partial charge in [0.2, 0.25) is 0 Å². The van der Waals surface area contributed by atoms with E-state index in [4.69, 9.17) is 16.7 Å². The van der Waals surface area contributed by atoms with Crippen LogP contribution in [0, 0.1) is 0 Å². The van der Waals surface area contributed by atoms with Gasteiger partial charge in [0.15, 0.2) is 0 Å². The topological polar surface area (TPSA) is 50.2 Å². The van der Waals surface area contributed by atoms with Crippen LogP contribution in [-0.4, -0.2) is 34.8 Å². The van der Waals surface area contributed by atoms with Crippen LogP contribution < -0.4 is 5.43 Å². The van der Waals surface area contributed by atoms with Gasteiger partial charge in [-0.3, -0.25) is 10.2 Å². The fraction of sp³-hybridized carbons (Fsp3) is 0.100. The summed E-state index contributed by atoms with van der Waals surface area (Å²) < 4.78 is 1.80. The van der Waals surface area contributed by atoms with Crippen molar-refractivity contribution in [3.05, 3.63) is 77.5 Å². The van der Waals surface area contributed by atoms with Gasteiger partial charge in [0.1, 0.15) is 0 Å². The summed E-state index contributed by atoms with van der Waals surface area (Å²) in [5.74, 6) is -0.204. The number of aromatic nitrogens is 2. The molecular formula is C20H19ClN4O. The molecule has 3 rings (SSSR count). The first-order valence-electron chi connectivity index (χ1n) is 8.10. The quantitative estimate of drug-likeness (QED) is 0.552. The molecule has 1 aromatic heterocycles. The smallest absolute Gasteiger partial charge is 0.258 e. The van der Waals surface area contributed by atoms with E-state index in [0.29, 0.717) is 5.02 Å². The van der Waals surface area contributed by atoms with Gasteiger partial charge in [0, 0.05) is 42.5 Å². The zero-order chi connectivity index (χ0) is 18.5. The van der Waals surface area contributed by atoms with Crippen LogP contribution in [-0.2, 0) is 4.79 Å². The van der Waals surface area contributed by atoms with E-state index in [2.05, 4.69) is 5.43 Å². The molecule has 5 nitrogen and oxygen atoms in total. The molecule has 1 N–H and O–H groups in total. The lowest BCUT2D eigenvalue weighted by molar-refractivity contribution is -0.119. The Labute approximate surface area is 157 Å². The molecule has 1 amide bonds. The van der Waals surface area contributed by atoms with E-state index >= 15 is 0 Å². The molecule has 0 aliphatic carbocycles. The maximum absolute atomic E-state index is 11.9. The van der Waals surface area contributed by atoms with E-state index in [1.165, 1.54) is 6.08 Å². The Balaban J connectivity index is 2.00. The summed E-state index contributed by atoms with van der Waals surface area (Å²) in [6, 6.07) is 17.3. The molecule has 0 saturated carbocycles. The molecule has 1 heterocycles. The highest BCUT2D eigenvalue weighted by molar-refractivity contribution is 6.30. The number of carbonyl (C=O) groups excluding carboxylic acids is 1. The first-order valence-corrected chi connectivity index (χ1v) is 8.48. The zero-order valence-corrected chi connectivity index (χ0v) is 15.3. The highest BCUT2D eigenvalue weighted by Crippen LogP contribution is 2.26. The lowest BCUT2D eigenvalue weighted by Crippen LogP contribution is -2.34. The summed E-state index contributed by atoms with van der Waals surface area (Å²) in [6.45, 7) is 0. The van der Waals surface area contributed by atoms with Crippen molar-refractivity contribution < 1.29 is 4.79 Å². The van der Waals surface area contributed by atoms with Crippen molar-refractivity contribution in [1.82, 2.24) is 20.2 Å². The largest absolute Gasteiger partial charge is 0.286 e. The first-order chi connectivity index (χ1) is 12.5. The zero-order valence-electron chi connectivity index (χ0n) is 14.6. The fourth-order valence-electron chi connectivity index (χ4n) is 2.48. The van der Waals surface area contributed by atoms with Crippen LogP contribution in [0.15, 0.2) is 66.9 Å². The highest BCUT2D eigenvalue weighted by atomic mass is 35.5. The molecule has 0 aliphatic rings. The average molecular weight is 367 g/mol. The molecule has 0 radical (unpaired) electrons. The van der Waals surface area contributed by atoms with Crippen LogP contribution in [0.5, 0.6) is 0 Å². The molecule has 6 heteroatoms. The molecule has 2 aromatic carbocycles. The maximum Gasteiger partial charge on any atom is 0.258 e. The van der Waals surface area contributed by atoms with Crippen molar-refractivity contribution >= 4 is 23.6 Å². The number of nitrogens with zero attached hydrogens (tertiary/aromatic N) is 3. The number of rotatable bonds is 5. The number of para-hydroxylation sites is 1. The Hall–Kier alpha value is -2.89. The Morgan fingerprint density at radius 3 is 2.46 bits per heavy atom. The van der Waals surface area contributed by atoms with Crippen LogP contribution in [0.3, 0.4) is 0 Å². The predicted octanol–water partition coefficient (Wildman–Crippen LogP) is 3.80. The number of benzene rings is 2. The molecule has 0 spiro atoms. The van der Waals surface area contributed by atoms with Crippen molar-refractivity contribution in [3.8, 4) is 16.9 Å². The second-order valence-electron chi connectivity index (χ2n) is 5.92. The van der Waals surface area contributed by atoms with Crippen molar-refractivity contribution in [2.75, 3.05) is 14.1 Å². The van der Waals surface area contributed by atoms with Crippen LogP contribution in [0.25, 0.3) is 23.0 Å². The minimum atomic E-state index is -0.204. The number of nitrogens with one attached hydrogen (secondary N) is 1. The molecule has 26 heavy (non-hydrogen) atoms. The summed E-state index contributed by atoms with van der Waals surface area (Å²) in [6.07, 6.45) is 5.15. The molecule has 0 aliphatic heterocycles. The molecule has 0 fully saturated rings. The van der Waals surface area contributed by atoms with Gasteiger partial charge in [-0.15, -0.1) is 0 Å². The summed E-state index contributed by atoms with van der Waals surface area (Å²) in [4.78, 5) is 11.9. The molecule has 132 valence electrons. The summed E-state index contributed by atoms with van der Waals surface area (Å²) in [5, 5.41) is 6.96. The number of hydrogen-bond donors (Lipinski definition) is 1. The number of amides is 1. The van der Waals surface area contributed by atoms with Gasteiger partial charge in [-0.05, 0) is 30.3 Å². The van der Waals surface area contributed by atoms with Crippen LogP contribution in [0.4, 0.5) is 0 Å². The molecule has 0 bridgehead atoms. The van der Waals surface area contributed by atoms with Crippen molar-refractivity contribution in [2.45, 2.75) is 0 Å². The lowest BCUT2D eigenvalue weighted by Gasteiger charge is -2.08. The lowest BCUT2D eigenvalue weighted by atomic mass is 10.1. The van der Waals surface area contributed by atoms with E-state index in [1.54, 1.807) is 29.9 Å². The number of halogens is 1. The fourth-order valence-corrected chi connectivity index (χ4v) is 2.60. The van der Waals surface area contributed by atoms with Crippen molar-refractivity contribution in [3.63, 3.8) is 0 Å². The van der Waals surface area contributed by atoms with Crippen LogP contribution in [0.2, 0.25) is 5.02 Å². The Kier molecular flexibility index (Phi) is 5.51. The Bertz CT molecular complexity index is 915. The van der Waals surface area contributed by atoms with Crippen molar-refractivity contribution in [1.29, 1.82) is 0 Å². The third kappa shape index (κ3) is 4.39. The predicted molar refractivity (Wildman–Crippen MR) is 105 cm³/mol.